The molecule has 1 aliphatic heterocycles. The van der Waals surface area contributed by atoms with E-state index in [2.05, 4.69) is 29.6 Å². The van der Waals surface area contributed by atoms with E-state index in [9.17, 15) is 8.78 Å². The Morgan fingerprint density at radius 1 is 1.10 bits per heavy atom. The summed E-state index contributed by atoms with van der Waals surface area (Å²) in [7, 11) is 3.54. The van der Waals surface area contributed by atoms with Crippen molar-refractivity contribution in [3.05, 3.63) is 49.1 Å². The Balaban J connectivity index is 1.61. The van der Waals surface area contributed by atoms with Gasteiger partial charge in [-0.1, -0.05) is 0 Å². The van der Waals surface area contributed by atoms with Crippen LogP contribution in [0.3, 0.4) is 0 Å². The number of ether oxygens (including phenoxy) is 2. The summed E-state index contributed by atoms with van der Waals surface area (Å²) in [4.78, 5) is 12.7. The average Bonchev–Trinajstić information content (AvgIpc) is 3.21. The minimum atomic E-state index is -2.91. The number of anilines is 3. The van der Waals surface area contributed by atoms with Crippen LogP contribution in [0, 0.1) is 0 Å². The molecule has 0 saturated carbocycles. The Labute approximate surface area is 179 Å². The molecule has 3 aromatic rings. The molecule has 8 nitrogen and oxygen atoms in total. The standard InChI is InChI=1S/C21H24F2N6O2/c1-27-20(6-10-26-27)28-11-7-15(8-12-28)29(17-14-24-9-5-18(17)30-2)16-3-4-19(25-13-16)31-21(22)23/h3-6,9-10,13-15,21H,7-8,11-12H2,1-2H3. The van der Waals surface area contributed by atoms with E-state index < -0.39 is 6.61 Å². The molecule has 164 valence electrons. The van der Waals surface area contributed by atoms with Crippen molar-refractivity contribution in [2.24, 2.45) is 7.05 Å². The molecule has 4 rings (SSSR count). The first-order chi connectivity index (χ1) is 15.1. The molecule has 10 heteroatoms. The van der Waals surface area contributed by atoms with Crippen LogP contribution >= 0.6 is 0 Å². The number of aromatic nitrogens is 4. The van der Waals surface area contributed by atoms with E-state index >= 15 is 0 Å². The molecule has 1 fully saturated rings. The van der Waals surface area contributed by atoms with Crippen molar-refractivity contribution in [1.29, 1.82) is 0 Å². The van der Waals surface area contributed by atoms with Gasteiger partial charge in [0.1, 0.15) is 17.3 Å². The fraction of sp³-hybridized carbons (Fsp3) is 0.381. The van der Waals surface area contributed by atoms with Crippen LogP contribution in [0.15, 0.2) is 49.1 Å². The van der Waals surface area contributed by atoms with Gasteiger partial charge in [-0.05, 0) is 18.9 Å². The third-order valence-electron chi connectivity index (χ3n) is 5.40. The highest BCUT2D eigenvalue weighted by atomic mass is 19.3. The lowest BCUT2D eigenvalue weighted by Crippen LogP contribution is -2.44. The summed E-state index contributed by atoms with van der Waals surface area (Å²) in [6.45, 7) is -1.21. The van der Waals surface area contributed by atoms with Gasteiger partial charge in [0.15, 0.2) is 0 Å². The highest BCUT2D eigenvalue weighted by molar-refractivity contribution is 5.69. The fourth-order valence-corrected chi connectivity index (χ4v) is 3.98. The third kappa shape index (κ3) is 4.52. The normalized spacial score (nSPS) is 14.7. The van der Waals surface area contributed by atoms with Gasteiger partial charge in [-0.3, -0.25) is 9.67 Å². The highest BCUT2D eigenvalue weighted by Crippen LogP contribution is 2.38. The number of hydrogen-bond acceptors (Lipinski definition) is 7. The maximum atomic E-state index is 12.5. The van der Waals surface area contributed by atoms with E-state index in [1.54, 1.807) is 37.8 Å². The Bertz CT molecular complexity index is 990. The van der Waals surface area contributed by atoms with Crippen LogP contribution in [0.2, 0.25) is 0 Å². The number of methoxy groups -OCH3 is 1. The SMILES string of the molecule is COc1ccncc1N(c1ccc(OC(F)F)nc1)C1CCN(c2ccnn2C)CC1. The van der Waals surface area contributed by atoms with Crippen molar-refractivity contribution in [3.63, 3.8) is 0 Å². The molecule has 0 aliphatic carbocycles. The Morgan fingerprint density at radius 2 is 1.90 bits per heavy atom. The topological polar surface area (TPSA) is 68.5 Å². The molecule has 1 aliphatic rings. The number of piperidine rings is 1. The second kappa shape index (κ2) is 9.15. The maximum Gasteiger partial charge on any atom is 0.388 e. The molecular formula is C21H24F2N6O2. The van der Waals surface area contributed by atoms with Crippen LogP contribution < -0.4 is 19.3 Å². The van der Waals surface area contributed by atoms with Gasteiger partial charge in [-0.25, -0.2) is 4.98 Å². The second-order valence-electron chi connectivity index (χ2n) is 7.18. The van der Waals surface area contributed by atoms with E-state index in [4.69, 9.17) is 4.74 Å². The molecule has 3 aromatic heterocycles. The quantitative estimate of drug-likeness (QED) is 0.567. The van der Waals surface area contributed by atoms with Crippen molar-refractivity contribution in [1.82, 2.24) is 19.7 Å². The van der Waals surface area contributed by atoms with Crippen LogP contribution in [-0.4, -0.2) is 52.6 Å². The maximum absolute atomic E-state index is 12.5. The van der Waals surface area contributed by atoms with E-state index in [1.165, 1.54) is 12.3 Å². The van der Waals surface area contributed by atoms with Gasteiger partial charge in [0.25, 0.3) is 0 Å². The summed E-state index contributed by atoms with van der Waals surface area (Å²) in [5, 5.41) is 4.26. The monoisotopic (exact) mass is 430 g/mol. The van der Waals surface area contributed by atoms with Gasteiger partial charge >= 0.3 is 6.61 Å². The number of rotatable bonds is 7. The fourth-order valence-electron chi connectivity index (χ4n) is 3.98. The van der Waals surface area contributed by atoms with Gasteiger partial charge in [0.05, 0.1) is 31.4 Å². The summed E-state index contributed by atoms with van der Waals surface area (Å²) in [5.74, 6) is 1.64. The Hall–Kier alpha value is -3.43. The molecule has 0 atom stereocenters. The third-order valence-corrected chi connectivity index (χ3v) is 5.40. The van der Waals surface area contributed by atoms with Crippen molar-refractivity contribution in [2.45, 2.75) is 25.5 Å². The summed E-state index contributed by atoms with van der Waals surface area (Å²) in [5.41, 5.74) is 1.56. The molecule has 0 bridgehead atoms. The number of alkyl halides is 2. The average molecular weight is 430 g/mol. The van der Waals surface area contributed by atoms with E-state index in [0.717, 1.165) is 43.1 Å². The van der Waals surface area contributed by atoms with Crippen LogP contribution in [0.25, 0.3) is 0 Å². The first kappa shape index (κ1) is 20.8. The van der Waals surface area contributed by atoms with Crippen molar-refractivity contribution in [3.8, 4) is 11.6 Å². The van der Waals surface area contributed by atoms with Gasteiger partial charge in [0, 0.05) is 50.6 Å². The first-order valence-corrected chi connectivity index (χ1v) is 9.98. The lowest BCUT2D eigenvalue weighted by Gasteiger charge is -2.40. The van der Waals surface area contributed by atoms with Gasteiger partial charge in [-0.15, -0.1) is 0 Å². The molecule has 1 saturated heterocycles. The number of pyridine rings is 2. The predicted octanol–water partition coefficient (Wildman–Crippen LogP) is 3.63. The molecule has 0 unspecified atom stereocenters. The zero-order valence-electron chi connectivity index (χ0n) is 17.4. The minimum Gasteiger partial charge on any atom is -0.494 e. The van der Waals surface area contributed by atoms with Crippen molar-refractivity contribution >= 4 is 17.2 Å². The van der Waals surface area contributed by atoms with Gasteiger partial charge in [0.2, 0.25) is 5.88 Å². The lowest BCUT2D eigenvalue weighted by atomic mass is 10.0. The number of aryl methyl sites for hydroxylation is 1. The minimum absolute atomic E-state index is 0.122. The Kier molecular flexibility index (Phi) is 6.15. The number of nitrogens with zero attached hydrogens (tertiary/aromatic N) is 6. The molecule has 0 radical (unpaired) electrons. The highest BCUT2D eigenvalue weighted by Gasteiger charge is 2.29. The molecular weight excluding hydrogens is 406 g/mol. The van der Waals surface area contributed by atoms with E-state index in [-0.39, 0.29) is 11.9 Å². The zero-order valence-corrected chi connectivity index (χ0v) is 17.4. The van der Waals surface area contributed by atoms with Crippen LogP contribution in [0.5, 0.6) is 11.6 Å². The van der Waals surface area contributed by atoms with Crippen LogP contribution in [0.1, 0.15) is 12.8 Å². The summed E-state index contributed by atoms with van der Waals surface area (Å²) in [6.07, 6.45) is 8.50. The zero-order chi connectivity index (χ0) is 21.8. The first-order valence-electron chi connectivity index (χ1n) is 9.98. The Morgan fingerprint density at radius 3 is 2.52 bits per heavy atom. The molecule has 0 N–H and O–H groups in total. The smallest absolute Gasteiger partial charge is 0.388 e. The van der Waals surface area contributed by atoms with Crippen LogP contribution in [0.4, 0.5) is 26.0 Å². The van der Waals surface area contributed by atoms with Crippen molar-refractivity contribution < 1.29 is 18.3 Å². The largest absolute Gasteiger partial charge is 0.494 e. The molecule has 4 heterocycles. The summed E-state index contributed by atoms with van der Waals surface area (Å²) >= 11 is 0. The summed E-state index contributed by atoms with van der Waals surface area (Å²) in [6, 6.07) is 7.13. The number of hydrogen-bond donors (Lipinski definition) is 0. The second-order valence-corrected chi connectivity index (χ2v) is 7.18. The molecule has 31 heavy (non-hydrogen) atoms. The van der Waals surface area contributed by atoms with Gasteiger partial charge < -0.3 is 19.3 Å². The van der Waals surface area contributed by atoms with Crippen molar-refractivity contribution in [2.75, 3.05) is 30.0 Å². The lowest BCUT2D eigenvalue weighted by molar-refractivity contribution is -0.0528. The summed E-state index contributed by atoms with van der Waals surface area (Å²) < 4.78 is 36.8. The predicted molar refractivity (Wildman–Crippen MR) is 112 cm³/mol. The van der Waals surface area contributed by atoms with E-state index in [0.29, 0.717) is 5.75 Å². The molecule has 0 amide bonds. The molecule has 0 aromatic carbocycles. The van der Waals surface area contributed by atoms with E-state index in [1.807, 2.05) is 17.8 Å². The number of halogens is 2. The van der Waals surface area contributed by atoms with Gasteiger partial charge in [-0.2, -0.15) is 13.9 Å². The van der Waals surface area contributed by atoms with Crippen LogP contribution in [-0.2, 0) is 7.05 Å². The molecule has 0 spiro atoms.